The topological polar surface area (TPSA) is 113 Å². The highest BCUT2D eigenvalue weighted by atomic mass is 16.5. The van der Waals surface area contributed by atoms with Crippen molar-refractivity contribution in [3.63, 3.8) is 0 Å². The van der Waals surface area contributed by atoms with Gasteiger partial charge in [-0.25, -0.2) is 9.78 Å². The van der Waals surface area contributed by atoms with Crippen LogP contribution >= 0.6 is 0 Å². The Labute approximate surface area is 181 Å². The van der Waals surface area contributed by atoms with Crippen LogP contribution < -0.4 is 24.5 Å². The van der Waals surface area contributed by atoms with Crippen molar-refractivity contribution in [1.29, 1.82) is 0 Å². The second-order valence-electron chi connectivity index (χ2n) is 6.20. The summed E-state index contributed by atoms with van der Waals surface area (Å²) in [6.45, 7) is 0. The molecule has 0 atom stereocenters. The van der Waals surface area contributed by atoms with Crippen molar-refractivity contribution in [2.24, 2.45) is 0 Å². The Bertz CT molecular complexity index is 869. The normalized spacial score (nSPS) is 9.16. The number of carbonyl (C=O) groups is 2. The zero-order valence-electron chi connectivity index (χ0n) is 17.9. The molecule has 0 saturated carbocycles. The van der Waals surface area contributed by atoms with E-state index in [9.17, 15) is 14.7 Å². The number of pyridine rings is 1. The molecular weight excluding hydrogens is 400 g/mol. The summed E-state index contributed by atoms with van der Waals surface area (Å²) in [7, 11) is 7.11. The molecule has 0 aliphatic carbocycles. The predicted molar refractivity (Wildman–Crippen MR) is 115 cm³/mol. The largest absolute Gasteiger partial charge is 0.545 e. The molecule has 2 N–H and O–H groups in total. The summed E-state index contributed by atoms with van der Waals surface area (Å²) < 4.78 is 9.69. The number of rotatable bonds is 5. The molecule has 0 unspecified atom stereocenters. The Morgan fingerprint density at radius 1 is 0.806 bits per heavy atom. The highest BCUT2D eigenvalue weighted by Gasteiger charge is 2.00. The lowest BCUT2D eigenvalue weighted by Gasteiger charge is -2.08. The average molecular weight is 426 g/mol. The highest BCUT2D eigenvalue weighted by molar-refractivity contribution is 5.87. The molecule has 2 aromatic carbocycles. The molecule has 164 valence electrons. The van der Waals surface area contributed by atoms with Crippen LogP contribution in [-0.2, 0) is 0 Å². The molecule has 3 aromatic rings. The van der Waals surface area contributed by atoms with Crippen LogP contribution in [0.5, 0.6) is 11.5 Å². The van der Waals surface area contributed by atoms with E-state index in [-0.39, 0.29) is 11.1 Å². The number of carboxylic acid groups (broad SMARTS) is 2. The van der Waals surface area contributed by atoms with Gasteiger partial charge in [0.25, 0.3) is 0 Å². The Hall–Kier alpha value is -4.07. The number of aromatic carboxylic acids is 2. The van der Waals surface area contributed by atoms with Crippen molar-refractivity contribution in [2.45, 2.75) is 0 Å². The van der Waals surface area contributed by atoms with Crippen LogP contribution in [0.4, 0.5) is 5.69 Å². The summed E-state index contributed by atoms with van der Waals surface area (Å²) in [6.07, 6.45) is 3.82. The maximum absolute atomic E-state index is 10.4. The number of hydrogen-bond donors (Lipinski definition) is 1. The second kappa shape index (κ2) is 13.2. The molecule has 3 rings (SSSR count). The zero-order chi connectivity index (χ0) is 23.2. The van der Waals surface area contributed by atoms with Gasteiger partial charge in [0.05, 0.1) is 25.8 Å². The molecule has 0 bridgehead atoms. The number of carbonyl (C=O) groups excluding carboxylic acids is 1. The van der Waals surface area contributed by atoms with Crippen LogP contribution in [0.25, 0.3) is 0 Å². The van der Waals surface area contributed by atoms with Gasteiger partial charge in [-0.1, -0.05) is 0 Å². The molecule has 0 aliphatic heterocycles. The highest BCUT2D eigenvalue weighted by Crippen LogP contribution is 2.11. The van der Waals surface area contributed by atoms with Crippen LogP contribution in [0.15, 0.2) is 73.1 Å². The summed E-state index contributed by atoms with van der Waals surface area (Å²) in [5.74, 6) is -0.801. The Balaban J connectivity index is 0.000000234. The molecule has 8 nitrogen and oxygen atoms in total. The van der Waals surface area contributed by atoms with E-state index in [1.165, 1.54) is 44.2 Å². The second-order valence-corrected chi connectivity index (χ2v) is 6.20. The minimum atomic E-state index is -1.17. The van der Waals surface area contributed by atoms with Gasteiger partial charge >= 0.3 is 5.97 Å². The van der Waals surface area contributed by atoms with Crippen molar-refractivity contribution in [3.05, 3.63) is 84.2 Å². The Kier molecular flexibility index (Phi) is 10.6. The third-order valence-electron chi connectivity index (χ3n) is 3.88. The average Bonchev–Trinajstić information content (AvgIpc) is 2.80. The number of nitrogens with one attached hydrogen (secondary N) is 1. The van der Waals surface area contributed by atoms with Gasteiger partial charge in [0, 0.05) is 31.9 Å². The number of nitrogens with zero attached hydrogens (tertiary/aromatic N) is 1. The number of ether oxygens (including phenoxy) is 2. The fourth-order valence-corrected chi connectivity index (χ4v) is 2.14. The van der Waals surface area contributed by atoms with E-state index in [0.29, 0.717) is 11.5 Å². The fraction of sp³-hybridized carbons (Fsp3) is 0.174. The van der Waals surface area contributed by atoms with Crippen LogP contribution in [0.1, 0.15) is 20.7 Å². The minimum absolute atomic E-state index is 0.158. The third-order valence-corrected chi connectivity index (χ3v) is 3.88. The number of anilines is 1. The van der Waals surface area contributed by atoms with Gasteiger partial charge in [0.1, 0.15) is 11.5 Å². The van der Waals surface area contributed by atoms with Crippen molar-refractivity contribution < 1.29 is 34.3 Å². The summed E-state index contributed by atoms with van der Waals surface area (Å²) in [6, 6.07) is 16.3. The van der Waals surface area contributed by atoms with Crippen LogP contribution in [-0.4, -0.2) is 45.4 Å². The molecule has 1 aromatic heterocycles. The molecule has 0 fully saturated rings. The van der Waals surface area contributed by atoms with Gasteiger partial charge in [-0.05, 0) is 54.1 Å². The van der Waals surface area contributed by atoms with Gasteiger partial charge < -0.3 is 29.4 Å². The molecule has 0 aliphatic rings. The lowest BCUT2D eigenvalue weighted by Crippen LogP contribution is -2.21. The SMILES string of the molecule is CN(C)c1cc[nH+]cc1.COc1ccc(C(=O)O)cc1.COc1ccc(C(=O)[O-])cc1. The Morgan fingerprint density at radius 2 is 1.23 bits per heavy atom. The summed E-state index contributed by atoms with van der Waals surface area (Å²) in [4.78, 5) is 25.6. The number of aromatic nitrogens is 1. The van der Waals surface area contributed by atoms with E-state index in [1.807, 2.05) is 38.6 Å². The van der Waals surface area contributed by atoms with E-state index in [0.717, 1.165) is 0 Å². The predicted octanol–water partition coefficient (Wildman–Crippen LogP) is 2.02. The number of benzene rings is 2. The van der Waals surface area contributed by atoms with Gasteiger partial charge in [-0.3, -0.25) is 0 Å². The van der Waals surface area contributed by atoms with Crippen molar-refractivity contribution in [3.8, 4) is 11.5 Å². The van der Waals surface area contributed by atoms with Crippen LogP contribution in [0, 0.1) is 0 Å². The summed E-state index contributed by atoms with van der Waals surface area (Å²) >= 11 is 0. The number of H-pyrrole nitrogens is 1. The first-order chi connectivity index (χ1) is 14.8. The molecule has 0 saturated heterocycles. The number of hydrogen-bond acceptors (Lipinski definition) is 6. The van der Waals surface area contributed by atoms with E-state index in [1.54, 1.807) is 24.3 Å². The maximum Gasteiger partial charge on any atom is 0.335 e. The van der Waals surface area contributed by atoms with E-state index < -0.39 is 11.9 Å². The minimum Gasteiger partial charge on any atom is -0.545 e. The van der Waals surface area contributed by atoms with E-state index in [4.69, 9.17) is 14.6 Å². The number of methoxy groups -OCH3 is 2. The quantitative estimate of drug-likeness (QED) is 0.664. The van der Waals surface area contributed by atoms with E-state index in [2.05, 4.69) is 9.88 Å². The molecule has 8 heteroatoms. The number of carboxylic acids is 2. The Morgan fingerprint density at radius 3 is 1.52 bits per heavy atom. The van der Waals surface area contributed by atoms with Gasteiger partial charge in [0.15, 0.2) is 12.4 Å². The molecule has 0 radical (unpaired) electrons. The molecule has 0 spiro atoms. The van der Waals surface area contributed by atoms with Gasteiger partial charge in [-0.2, -0.15) is 0 Å². The smallest absolute Gasteiger partial charge is 0.335 e. The van der Waals surface area contributed by atoms with Gasteiger partial charge in [0.2, 0.25) is 0 Å². The van der Waals surface area contributed by atoms with Crippen molar-refractivity contribution >= 4 is 17.6 Å². The molecule has 0 amide bonds. The first-order valence-corrected chi connectivity index (χ1v) is 9.14. The standard InChI is InChI=1S/2C8H8O3.C7H10N2/c2*1-11-7-4-2-6(3-5-7)8(9)10;1-9(2)7-3-5-8-6-4-7/h2*2-5H,1H3,(H,9,10);3-6H,1-2H3. The molecule has 31 heavy (non-hydrogen) atoms. The molecule has 1 heterocycles. The summed E-state index contributed by atoms with van der Waals surface area (Å²) in [5.41, 5.74) is 1.64. The van der Waals surface area contributed by atoms with Crippen molar-refractivity contribution in [2.75, 3.05) is 33.2 Å². The first kappa shape index (κ1) is 25.0. The number of aromatic amines is 1. The summed E-state index contributed by atoms with van der Waals surface area (Å²) in [5, 5.41) is 18.8. The van der Waals surface area contributed by atoms with Gasteiger partial charge in [-0.15, -0.1) is 0 Å². The zero-order valence-corrected chi connectivity index (χ0v) is 17.9. The monoisotopic (exact) mass is 426 g/mol. The van der Waals surface area contributed by atoms with Crippen LogP contribution in [0.2, 0.25) is 0 Å². The van der Waals surface area contributed by atoms with Crippen LogP contribution in [0.3, 0.4) is 0 Å². The third kappa shape index (κ3) is 9.31. The van der Waals surface area contributed by atoms with E-state index >= 15 is 0 Å². The first-order valence-electron chi connectivity index (χ1n) is 9.14. The fourth-order valence-electron chi connectivity index (χ4n) is 2.14. The maximum atomic E-state index is 10.4. The molecular formula is C23H26N2O6. The lowest BCUT2D eigenvalue weighted by atomic mass is 10.2. The lowest BCUT2D eigenvalue weighted by molar-refractivity contribution is -0.377. The van der Waals surface area contributed by atoms with Crippen molar-refractivity contribution in [1.82, 2.24) is 0 Å².